The van der Waals surface area contributed by atoms with Gasteiger partial charge in [0.15, 0.2) is 0 Å². The molecule has 1 amide bonds. The van der Waals surface area contributed by atoms with E-state index < -0.39 is 11.9 Å². The van der Waals surface area contributed by atoms with Crippen molar-refractivity contribution in [2.24, 2.45) is 0 Å². The van der Waals surface area contributed by atoms with E-state index in [-0.39, 0.29) is 29.2 Å². The van der Waals surface area contributed by atoms with Gasteiger partial charge in [-0.2, -0.15) is 0 Å². The highest BCUT2D eigenvalue weighted by Crippen LogP contribution is 2.24. The molecule has 0 fully saturated rings. The Bertz CT molecular complexity index is 481. The smallest absolute Gasteiger partial charge is 0.335 e. The summed E-state index contributed by atoms with van der Waals surface area (Å²) in [5.74, 6) is -2.36. The number of phenols is 1. The van der Waals surface area contributed by atoms with Gasteiger partial charge in [-0.25, -0.2) is 4.79 Å². The number of benzene rings is 1. The Morgan fingerprint density at radius 2 is 1.94 bits per heavy atom. The van der Waals surface area contributed by atoms with E-state index >= 15 is 0 Å². The van der Waals surface area contributed by atoms with Crippen LogP contribution in [-0.4, -0.2) is 27.9 Å². The lowest BCUT2D eigenvalue weighted by Crippen LogP contribution is -2.15. The number of anilines is 1. The molecule has 0 saturated heterocycles. The van der Waals surface area contributed by atoms with Crippen LogP contribution in [0.15, 0.2) is 18.2 Å². The van der Waals surface area contributed by atoms with Crippen molar-refractivity contribution >= 4 is 23.3 Å². The van der Waals surface area contributed by atoms with Gasteiger partial charge in [-0.1, -0.05) is 0 Å². The van der Waals surface area contributed by atoms with Crippen molar-refractivity contribution in [3.63, 3.8) is 0 Å². The summed E-state index contributed by atoms with van der Waals surface area (Å²) in [4.78, 5) is 32.6. The van der Waals surface area contributed by atoms with E-state index in [4.69, 9.17) is 5.11 Å². The number of carbonyl (C=O) groups excluding carboxylic acids is 2. The SMILES string of the molecule is CC(=O)CC(=O)Nc1cc(C(=O)O)ccc1O. The van der Waals surface area contributed by atoms with Crippen LogP contribution in [0.5, 0.6) is 5.75 Å². The van der Waals surface area contributed by atoms with Gasteiger partial charge in [0.25, 0.3) is 0 Å². The van der Waals surface area contributed by atoms with Crippen LogP contribution < -0.4 is 5.32 Å². The molecule has 0 radical (unpaired) electrons. The Hall–Kier alpha value is -2.37. The minimum atomic E-state index is -1.17. The molecule has 3 N–H and O–H groups in total. The molecule has 0 aliphatic carbocycles. The number of nitrogens with one attached hydrogen (secondary N) is 1. The van der Waals surface area contributed by atoms with Crippen LogP contribution in [0.2, 0.25) is 0 Å². The standard InChI is InChI=1S/C11H11NO5/c1-6(13)4-10(15)12-8-5-7(11(16)17)2-3-9(8)14/h2-3,5,14H,4H2,1H3,(H,12,15)(H,16,17). The normalized spacial score (nSPS) is 9.71. The first-order valence-corrected chi connectivity index (χ1v) is 4.75. The van der Waals surface area contributed by atoms with Gasteiger partial charge in [0, 0.05) is 0 Å². The second kappa shape index (κ2) is 5.11. The minimum absolute atomic E-state index is 0.0313. The highest BCUT2D eigenvalue weighted by molar-refractivity contribution is 6.04. The molecule has 1 aromatic carbocycles. The lowest BCUT2D eigenvalue weighted by atomic mass is 10.2. The van der Waals surface area contributed by atoms with Gasteiger partial charge in [0.1, 0.15) is 11.5 Å². The molecule has 0 unspecified atom stereocenters. The molecule has 1 rings (SSSR count). The molecule has 1 aromatic rings. The second-order valence-corrected chi connectivity index (χ2v) is 3.46. The summed E-state index contributed by atoms with van der Waals surface area (Å²) < 4.78 is 0. The van der Waals surface area contributed by atoms with Gasteiger partial charge >= 0.3 is 5.97 Å². The van der Waals surface area contributed by atoms with Gasteiger partial charge in [-0.3, -0.25) is 9.59 Å². The van der Waals surface area contributed by atoms with Crippen LogP contribution in [0.4, 0.5) is 5.69 Å². The van der Waals surface area contributed by atoms with Crippen LogP contribution in [0.1, 0.15) is 23.7 Å². The van der Waals surface area contributed by atoms with E-state index in [1.54, 1.807) is 0 Å². The third kappa shape index (κ3) is 3.60. The van der Waals surface area contributed by atoms with E-state index in [0.29, 0.717) is 0 Å². The highest BCUT2D eigenvalue weighted by atomic mass is 16.4. The molecule has 17 heavy (non-hydrogen) atoms. The van der Waals surface area contributed by atoms with E-state index in [9.17, 15) is 19.5 Å². The summed E-state index contributed by atoms with van der Waals surface area (Å²) in [6, 6.07) is 3.49. The molecule has 0 heterocycles. The molecule has 6 nitrogen and oxygen atoms in total. The first-order valence-electron chi connectivity index (χ1n) is 4.75. The van der Waals surface area contributed by atoms with Gasteiger partial charge in [-0.15, -0.1) is 0 Å². The monoisotopic (exact) mass is 237 g/mol. The molecule has 0 aliphatic heterocycles. The number of hydrogen-bond acceptors (Lipinski definition) is 4. The number of aromatic hydroxyl groups is 1. The number of Topliss-reactive ketones (excluding diaryl/α,β-unsaturated/α-hetero) is 1. The second-order valence-electron chi connectivity index (χ2n) is 3.46. The number of hydrogen-bond donors (Lipinski definition) is 3. The van der Waals surface area contributed by atoms with Crippen molar-refractivity contribution in [2.75, 3.05) is 5.32 Å². The largest absolute Gasteiger partial charge is 0.506 e. The van der Waals surface area contributed by atoms with Crippen molar-refractivity contribution in [1.82, 2.24) is 0 Å². The minimum Gasteiger partial charge on any atom is -0.506 e. The average Bonchev–Trinajstić information content (AvgIpc) is 2.19. The average molecular weight is 237 g/mol. The molecular weight excluding hydrogens is 226 g/mol. The summed E-state index contributed by atoms with van der Waals surface area (Å²) in [6.07, 6.45) is -0.323. The molecule has 90 valence electrons. The first kappa shape index (κ1) is 12.7. The quantitative estimate of drug-likeness (QED) is 0.535. The van der Waals surface area contributed by atoms with Crippen molar-refractivity contribution in [3.8, 4) is 5.75 Å². The number of amides is 1. The topological polar surface area (TPSA) is 104 Å². The Labute approximate surface area is 96.9 Å². The van der Waals surface area contributed by atoms with Crippen LogP contribution in [0.3, 0.4) is 0 Å². The van der Waals surface area contributed by atoms with Crippen LogP contribution in [0.25, 0.3) is 0 Å². The number of rotatable bonds is 4. The van der Waals surface area contributed by atoms with Crippen LogP contribution >= 0.6 is 0 Å². The fraction of sp³-hybridized carbons (Fsp3) is 0.182. The van der Waals surface area contributed by atoms with Gasteiger partial charge in [0.2, 0.25) is 5.91 Å². The molecule has 0 saturated carbocycles. The number of ketones is 1. The molecular formula is C11H11NO5. The Morgan fingerprint density at radius 3 is 2.47 bits per heavy atom. The van der Waals surface area contributed by atoms with E-state index in [2.05, 4.69) is 5.32 Å². The fourth-order valence-electron chi connectivity index (χ4n) is 1.19. The lowest BCUT2D eigenvalue weighted by molar-refractivity contribution is -0.124. The van der Waals surface area contributed by atoms with E-state index in [1.807, 2.05) is 0 Å². The third-order valence-corrected chi connectivity index (χ3v) is 1.93. The van der Waals surface area contributed by atoms with Crippen molar-refractivity contribution in [3.05, 3.63) is 23.8 Å². The summed E-state index contributed by atoms with van der Waals surface area (Å²) in [6.45, 7) is 1.26. The molecule has 0 aliphatic rings. The summed E-state index contributed by atoms with van der Waals surface area (Å²) in [5, 5.41) is 20.4. The Morgan fingerprint density at radius 1 is 1.29 bits per heavy atom. The van der Waals surface area contributed by atoms with Crippen molar-refractivity contribution < 1.29 is 24.6 Å². The number of carbonyl (C=O) groups is 3. The predicted molar refractivity (Wildman–Crippen MR) is 59.0 cm³/mol. The molecule has 0 aromatic heterocycles. The summed E-state index contributed by atoms with van der Waals surface area (Å²) in [7, 11) is 0. The van der Waals surface area contributed by atoms with Gasteiger partial charge in [0.05, 0.1) is 17.7 Å². The summed E-state index contributed by atoms with van der Waals surface area (Å²) >= 11 is 0. The maximum atomic E-state index is 11.3. The maximum Gasteiger partial charge on any atom is 0.335 e. The van der Waals surface area contributed by atoms with E-state index in [0.717, 1.165) is 12.1 Å². The zero-order chi connectivity index (χ0) is 13.0. The Kier molecular flexibility index (Phi) is 3.82. The van der Waals surface area contributed by atoms with Crippen LogP contribution in [0, 0.1) is 0 Å². The number of carboxylic acids is 1. The number of phenolic OH excluding ortho intramolecular Hbond substituents is 1. The molecule has 0 atom stereocenters. The fourth-order valence-corrected chi connectivity index (χ4v) is 1.19. The number of carboxylic acid groups (broad SMARTS) is 1. The molecule has 0 bridgehead atoms. The van der Waals surface area contributed by atoms with Crippen molar-refractivity contribution in [2.45, 2.75) is 13.3 Å². The maximum absolute atomic E-state index is 11.3. The zero-order valence-corrected chi connectivity index (χ0v) is 9.06. The highest BCUT2D eigenvalue weighted by Gasteiger charge is 2.11. The van der Waals surface area contributed by atoms with Crippen molar-refractivity contribution in [1.29, 1.82) is 0 Å². The van der Waals surface area contributed by atoms with E-state index in [1.165, 1.54) is 13.0 Å². The first-order chi connectivity index (χ1) is 7.90. The van der Waals surface area contributed by atoms with Gasteiger partial charge < -0.3 is 15.5 Å². The lowest BCUT2D eigenvalue weighted by Gasteiger charge is -2.07. The van der Waals surface area contributed by atoms with Crippen LogP contribution in [-0.2, 0) is 9.59 Å². The predicted octanol–water partition coefficient (Wildman–Crippen LogP) is 1.01. The molecule has 0 spiro atoms. The third-order valence-electron chi connectivity index (χ3n) is 1.93. The number of aromatic carboxylic acids is 1. The Balaban J connectivity index is 2.90. The zero-order valence-electron chi connectivity index (χ0n) is 9.06. The van der Waals surface area contributed by atoms with Gasteiger partial charge in [-0.05, 0) is 25.1 Å². The molecule has 6 heteroatoms. The summed E-state index contributed by atoms with van der Waals surface area (Å²) in [5.41, 5.74) is -0.0999.